The van der Waals surface area contributed by atoms with Gasteiger partial charge >= 0.3 is 0 Å². The van der Waals surface area contributed by atoms with Crippen LogP contribution in [0.3, 0.4) is 0 Å². The minimum absolute atomic E-state index is 0. The van der Waals surface area contributed by atoms with Crippen LogP contribution in [0.25, 0.3) is 0 Å². The summed E-state index contributed by atoms with van der Waals surface area (Å²) in [5.74, 6) is 0.126. The molecule has 0 amide bonds. The zero-order chi connectivity index (χ0) is 72.4. The number of rotatable bonds is 28. The van der Waals surface area contributed by atoms with Gasteiger partial charge in [-0.1, -0.05) is 0 Å². The van der Waals surface area contributed by atoms with Crippen molar-refractivity contribution >= 4 is 132 Å². The van der Waals surface area contributed by atoms with Gasteiger partial charge in [-0.05, 0) is 176 Å². The quantitative estimate of drug-likeness (QED) is 0.00552. The Morgan fingerprint density at radius 1 is 0.420 bits per heavy atom. The molecule has 532 valence electrons. The molecule has 8 aromatic rings. The van der Waals surface area contributed by atoms with Crippen LogP contribution in [0.2, 0.25) is 0 Å². The van der Waals surface area contributed by atoms with Crippen LogP contribution in [0.1, 0.15) is 0 Å². The molecule has 32 heteroatoms. The number of carbonyl (C=O) groups is 2. The molecule has 0 atom stereocenters. The molecular formula is C68H84N16O16. The zero-order valence-electron chi connectivity index (χ0n) is 54.5. The Labute approximate surface area is 575 Å². The number of anilines is 17. The van der Waals surface area contributed by atoms with Gasteiger partial charge in [-0.2, -0.15) is 0 Å². The minimum Gasteiger partial charge on any atom is -0.508 e. The van der Waals surface area contributed by atoms with Gasteiger partial charge in [-0.25, -0.2) is 4.99 Å². The molecular weight excluding hydrogens is 1300 g/mol. The first-order valence-electron chi connectivity index (χ1n) is 30.2. The van der Waals surface area contributed by atoms with Crippen LogP contribution in [-0.4, -0.2) is 165 Å². The SMILES string of the molecule is CO.N.Nc1cc(N)c(Nc2ccc(N(CCO)CCO)cc2)cc1N=C1C=CC(=O)C=C1.Nc1cc(N)c(Nc2ccc(N(CCO)CCO)cc2)cc1Nc1ccc(O)cc1.O=CO.O=[N+]([O-])c1cc([N+](=O)[O-])c(Nc2ccc(N(CCO)CCO)cc2)cc1Nc1ccc(O)cc1. The highest BCUT2D eigenvalue weighted by Crippen LogP contribution is 2.40. The number of benzene rings is 8. The summed E-state index contributed by atoms with van der Waals surface area (Å²) in [5, 5.41) is 127. The molecule has 0 spiro atoms. The number of nitro benzene ring substituents is 2. The molecule has 0 aliphatic heterocycles. The third-order valence-corrected chi connectivity index (χ3v) is 14.1. The number of nitrogens with one attached hydrogen (secondary N) is 5. The molecule has 0 radical (unpaired) electrons. The highest BCUT2D eigenvalue weighted by Gasteiger charge is 2.25. The largest absolute Gasteiger partial charge is 0.508 e. The van der Waals surface area contributed by atoms with Crippen molar-refractivity contribution in [2.75, 3.05) is 150 Å². The first-order chi connectivity index (χ1) is 47.7. The lowest BCUT2D eigenvalue weighted by Crippen LogP contribution is -2.29. The third-order valence-electron chi connectivity index (χ3n) is 14.1. The van der Waals surface area contributed by atoms with Crippen molar-refractivity contribution in [2.45, 2.75) is 0 Å². The van der Waals surface area contributed by atoms with E-state index < -0.39 is 21.2 Å². The van der Waals surface area contributed by atoms with Gasteiger partial charge in [0.2, 0.25) is 0 Å². The van der Waals surface area contributed by atoms with E-state index in [2.05, 4.69) is 31.6 Å². The second kappa shape index (κ2) is 41.6. The van der Waals surface area contributed by atoms with E-state index in [9.17, 15) is 65.9 Å². The Balaban J connectivity index is 0.000000307. The van der Waals surface area contributed by atoms with Crippen molar-refractivity contribution in [3.8, 4) is 11.5 Å². The van der Waals surface area contributed by atoms with Crippen LogP contribution in [0, 0.1) is 20.2 Å². The fourth-order valence-corrected chi connectivity index (χ4v) is 9.39. The maximum atomic E-state index is 11.6. The number of carbonyl (C=O) groups excluding carboxylic acids is 1. The molecule has 8 aromatic carbocycles. The molecule has 0 heterocycles. The number of ketones is 1. The van der Waals surface area contributed by atoms with Crippen LogP contribution in [0.15, 0.2) is 187 Å². The Kier molecular flexibility index (Phi) is 33.4. The molecule has 0 saturated heterocycles. The van der Waals surface area contributed by atoms with Gasteiger partial charge in [0.25, 0.3) is 17.8 Å². The maximum Gasteiger partial charge on any atom is 0.299 e. The summed E-state index contributed by atoms with van der Waals surface area (Å²) in [6.07, 6.45) is 6.16. The highest BCUT2D eigenvalue weighted by molar-refractivity contribution is 6.17. The standard InChI is InChI=1S/C22H23N5O7.C22H27N5O3.C22H25N5O3.CH2O2.CH4O.H3N/c28-11-9-25(10-12-29)17-5-1-15(2-6-17)23-19-13-20(24-16-3-7-18(30)8-4-16)22(27(33)34)14-21(19)26(31)32;2*23-19-13-20(24)22(26-16-3-7-18(30)8-4-16)14-21(19)25-15-1-5-17(6-2-15)27(9-11-28)10-12-29;2-1-3;1-2;/h1-8,13-14,23-24,28-30H,9-12H2;1-8,13-14,25-26,28-30H,9-12,23-24H2;1-8,13-14,25,28-29H,9-12,23-24H2;1H,(H,2,3);2H,1H3;1H3. The molecule has 0 bridgehead atoms. The van der Waals surface area contributed by atoms with E-state index in [1.54, 1.807) is 83.8 Å². The summed E-state index contributed by atoms with van der Waals surface area (Å²) in [6, 6.07) is 43.5. The van der Waals surface area contributed by atoms with E-state index in [0.29, 0.717) is 102 Å². The van der Waals surface area contributed by atoms with Crippen molar-refractivity contribution in [3.05, 3.63) is 202 Å². The lowest BCUT2D eigenvalue weighted by molar-refractivity contribution is -0.393. The molecule has 0 unspecified atom stereocenters. The summed E-state index contributed by atoms with van der Waals surface area (Å²) in [7, 11) is 1.00. The number of aliphatic imine (C=N–C) groups is 1. The van der Waals surface area contributed by atoms with Gasteiger partial charge < -0.3 is 121 Å². The average Bonchev–Trinajstić information content (AvgIpc) is 0.806. The zero-order valence-corrected chi connectivity index (χ0v) is 54.5. The number of nitro groups is 2. The van der Waals surface area contributed by atoms with E-state index in [0.717, 1.165) is 47.3 Å². The average molecular weight is 1380 g/mol. The van der Waals surface area contributed by atoms with Crippen LogP contribution in [0.5, 0.6) is 11.5 Å². The summed E-state index contributed by atoms with van der Waals surface area (Å²) in [5.41, 5.74) is 34.5. The number of hydrogen-bond donors (Lipinski definition) is 20. The fraction of sp³-hybridized carbons (Fsp3) is 0.191. The topological polar surface area (TPSA) is 544 Å². The maximum absolute atomic E-state index is 11.6. The summed E-state index contributed by atoms with van der Waals surface area (Å²) in [6.45, 7) is 2.04. The monoisotopic (exact) mass is 1380 g/mol. The number of hydrogen-bond acceptors (Lipinski definition) is 29. The Bertz CT molecular complexity index is 3950. The van der Waals surface area contributed by atoms with Gasteiger partial charge in [-0.15, -0.1) is 0 Å². The van der Waals surface area contributed by atoms with Gasteiger partial charge in [-0.3, -0.25) is 29.8 Å². The van der Waals surface area contributed by atoms with Gasteiger partial charge in [0.1, 0.15) is 22.9 Å². The number of carboxylic acid groups (broad SMARTS) is 1. The first kappa shape index (κ1) is 80.2. The van der Waals surface area contributed by atoms with Crippen LogP contribution in [-0.2, 0) is 9.59 Å². The molecule has 32 nitrogen and oxygen atoms in total. The molecule has 0 fully saturated rings. The summed E-state index contributed by atoms with van der Waals surface area (Å²) in [4.78, 5) is 51.4. The smallest absolute Gasteiger partial charge is 0.299 e. The van der Waals surface area contributed by atoms with E-state index in [-0.39, 0.29) is 80.9 Å². The number of nitrogens with two attached hydrogens (primary N) is 4. The van der Waals surface area contributed by atoms with E-state index in [4.69, 9.17) is 37.9 Å². The number of aliphatic hydroxyl groups is 7. The number of phenolic OH excluding ortho intramolecular Hbond substituents is 2. The Morgan fingerprint density at radius 3 is 0.970 bits per heavy atom. The van der Waals surface area contributed by atoms with E-state index >= 15 is 0 Å². The molecule has 0 saturated carbocycles. The van der Waals surface area contributed by atoms with E-state index in [1.807, 2.05) is 64.4 Å². The summed E-state index contributed by atoms with van der Waals surface area (Å²) >= 11 is 0. The number of aromatic hydroxyl groups is 2. The second-order valence-corrected chi connectivity index (χ2v) is 20.8. The Hall–Kier alpha value is -12.3. The van der Waals surface area contributed by atoms with Gasteiger partial charge in [0.05, 0.1) is 107 Å². The van der Waals surface area contributed by atoms with Crippen LogP contribution < -0.4 is 70.4 Å². The number of nitrogens with zero attached hydrogens (tertiary/aromatic N) is 6. The molecule has 9 rings (SSSR count). The molecule has 26 N–H and O–H groups in total. The second-order valence-electron chi connectivity index (χ2n) is 20.8. The summed E-state index contributed by atoms with van der Waals surface area (Å²) < 4.78 is 0. The van der Waals surface area contributed by atoms with Crippen LogP contribution >= 0.6 is 0 Å². The molecule has 1 aliphatic rings. The number of allylic oxidation sites excluding steroid dienone is 4. The molecule has 0 aromatic heterocycles. The fourth-order valence-electron chi connectivity index (χ4n) is 9.39. The number of aliphatic hydroxyl groups excluding tert-OH is 7. The highest BCUT2D eigenvalue weighted by atomic mass is 16.6. The first-order valence-corrected chi connectivity index (χ1v) is 30.2. The normalized spacial score (nSPS) is 10.8. The lowest BCUT2D eigenvalue weighted by atomic mass is 10.1. The van der Waals surface area contributed by atoms with Gasteiger partial charge in [0.15, 0.2) is 5.78 Å². The van der Waals surface area contributed by atoms with Crippen molar-refractivity contribution in [1.29, 1.82) is 0 Å². The third kappa shape index (κ3) is 24.7. The Morgan fingerprint density at radius 2 is 0.680 bits per heavy atom. The van der Waals surface area contributed by atoms with Crippen molar-refractivity contribution in [3.63, 3.8) is 0 Å². The van der Waals surface area contributed by atoms with Gasteiger partial charge in [0, 0.05) is 91.9 Å². The van der Waals surface area contributed by atoms with E-state index in [1.165, 1.54) is 42.5 Å². The lowest BCUT2D eigenvalue weighted by Gasteiger charge is -2.23. The number of phenols is 2. The molecule has 100 heavy (non-hydrogen) atoms. The predicted molar refractivity (Wildman–Crippen MR) is 394 cm³/mol. The van der Waals surface area contributed by atoms with Crippen molar-refractivity contribution < 1.29 is 70.5 Å². The van der Waals surface area contributed by atoms with Crippen LogP contribution in [0.4, 0.5) is 114 Å². The minimum atomic E-state index is -0.717. The predicted octanol–water partition coefficient (Wildman–Crippen LogP) is 7.95. The van der Waals surface area contributed by atoms with Crippen molar-refractivity contribution in [1.82, 2.24) is 6.15 Å². The molecule has 1 aliphatic carbocycles. The van der Waals surface area contributed by atoms with Crippen molar-refractivity contribution in [2.24, 2.45) is 4.99 Å². The number of nitrogen functional groups attached to an aromatic ring is 4.